The molecule has 1 aromatic rings. The van der Waals surface area contributed by atoms with Crippen LogP contribution in [0.25, 0.3) is 0 Å². The molecule has 0 aliphatic heterocycles. The highest BCUT2D eigenvalue weighted by Gasteiger charge is 2.65. The average Bonchev–Trinajstić information content (AvgIpc) is 3.02. The third kappa shape index (κ3) is 2.89. The van der Waals surface area contributed by atoms with E-state index in [-0.39, 0.29) is 25.6 Å². The van der Waals surface area contributed by atoms with Crippen molar-refractivity contribution < 1.29 is 0 Å². The zero-order valence-corrected chi connectivity index (χ0v) is 17.5. The Bertz CT molecular complexity index is 801. The monoisotopic (exact) mass is 396 g/mol. The Hall–Kier alpha value is -0.690. The van der Waals surface area contributed by atoms with Gasteiger partial charge < -0.3 is 0 Å². The van der Waals surface area contributed by atoms with Crippen LogP contribution in [0.2, 0.25) is 0 Å². The Kier molecular flexibility index (Phi) is 3.79. The molecule has 4 saturated carbocycles. The van der Waals surface area contributed by atoms with Gasteiger partial charge in [0.15, 0.2) is 0 Å². The van der Waals surface area contributed by atoms with Crippen LogP contribution in [0.1, 0.15) is 49.7 Å². The third-order valence-corrected chi connectivity index (χ3v) is 8.03. The smallest absolute Gasteiger partial charge is 0.0573 e. The van der Waals surface area contributed by atoms with Crippen molar-refractivity contribution in [1.29, 1.82) is 0 Å². The molecule has 0 unspecified atom stereocenters. The molecule has 4 fully saturated rings. The second-order valence-electron chi connectivity index (χ2n) is 9.16. The largest absolute Gasteiger partial charge is 0.172 e. The topological polar surface area (TPSA) is 0 Å². The van der Waals surface area contributed by atoms with E-state index in [9.17, 15) is 0 Å². The summed E-state index contributed by atoms with van der Waals surface area (Å²) in [5.41, 5.74) is 2.69. The highest BCUT2D eigenvalue weighted by molar-refractivity contribution is 7.84. The first-order chi connectivity index (χ1) is 12.3. The predicted molar refractivity (Wildman–Crippen MR) is 120 cm³/mol. The average molecular weight is 397 g/mol. The summed E-state index contributed by atoms with van der Waals surface area (Å²) in [6.45, 7) is 0. The summed E-state index contributed by atoms with van der Waals surface area (Å²) in [7, 11) is 0. The minimum Gasteiger partial charge on any atom is -0.172 e. The summed E-state index contributed by atoms with van der Waals surface area (Å²) in [6.07, 6.45) is 15.2. The van der Waals surface area contributed by atoms with E-state index in [0.717, 1.165) is 44.1 Å². The Labute approximate surface area is 173 Å². The number of hydrogen-bond acceptors (Lipinski definition) is 3. The quantitative estimate of drug-likeness (QED) is 0.410. The van der Waals surface area contributed by atoms with E-state index in [4.69, 9.17) is 37.9 Å². The SMILES string of the molecule is SC12CC3(S)CC(S)(C1)CC(c1ccc(C#CC4C=CC=C4)cc1)(C2)C3. The maximum Gasteiger partial charge on any atom is 0.0573 e. The first-order valence-electron chi connectivity index (χ1n) is 9.44. The van der Waals surface area contributed by atoms with Crippen molar-refractivity contribution in [2.45, 2.75) is 58.2 Å². The van der Waals surface area contributed by atoms with Gasteiger partial charge in [-0.2, -0.15) is 37.9 Å². The number of thiol groups is 3. The summed E-state index contributed by atoms with van der Waals surface area (Å²) in [5, 5.41) is 0. The fraction of sp³-hybridized carbons (Fsp3) is 0.478. The van der Waals surface area contributed by atoms with E-state index in [1.165, 1.54) is 5.56 Å². The van der Waals surface area contributed by atoms with Crippen LogP contribution in [0.3, 0.4) is 0 Å². The molecule has 0 nitrogen and oxygen atoms in total. The van der Waals surface area contributed by atoms with Gasteiger partial charge in [-0.15, -0.1) is 0 Å². The summed E-state index contributed by atoms with van der Waals surface area (Å²) >= 11 is 15.4. The first kappa shape index (κ1) is 17.4. The maximum atomic E-state index is 5.13. The van der Waals surface area contributed by atoms with Gasteiger partial charge in [0, 0.05) is 19.8 Å². The Morgan fingerprint density at radius 2 is 1.23 bits per heavy atom. The molecule has 5 aliphatic carbocycles. The molecule has 0 heterocycles. The van der Waals surface area contributed by atoms with E-state index in [0.29, 0.717) is 0 Å². The summed E-state index contributed by atoms with van der Waals surface area (Å²) in [4.78, 5) is 0. The molecule has 0 atom stereocenters. The highest BCUT2D eigenvalue weighted by Crippen LogP contribution is 2.70. The van der Waals surface area contributed by atoms with Crippen molar-refractivity contribution in [3.8, 4) is 11.8 Å². The maximum absolute atomic E-state index is 5.13. The molecule has 6 rings (SSSR count). The van der Waals surface area contributed by atoms with Crippen molar-refractivity contribution in [3.05, 3.63) is 59.7 Å². The number of rotatable bonds is 1. The molecule has 134 valence electrons. The van der Waals surface area contributed by atoms with Crippen LogP contribution in [0.15, 0.2) is 48.6 Å². The van der Waals surface area contributed by atoms with Crippen molar-refractivity contribution in [2.24, 2.45) is 5.92 Å². The lowest BCUT2D eigenvalue weighted by Gasteiger charge is -2.67. The molecule has 1 aromatic carbocycles. The molecule has 0 aromatic heterocycles. The fourth-order valence-corrected chi connectivity index (χ4v) is 9.48. The van der Waals surface area contributed by atoms with Crippen LogP contribution in [-0.2, 0) is 5.41 Å². The fourth-order valence-electron chi connectivity index (χ4n) is 6.39. The molecule has 0 spiro atoms. The van der Waals surface area contributed by atoms with Gasteiger partial charge in [0.25, 0.3) is 0 Å². The molecule has 3 heteroatoms. The standard InChI is InChI=1S/C23H24S3/c24-21-11-20(12-22(25,14-21)16-23(26,13-20)15-21)19-9-7-18(8-10-19)6-5-17-3-1-2-4-17/h1-4,7-10,17,24-26H,11-16H2. The van der Waals surface area contributed by atoms with Crippen LogP contribution in [0.5, 0.6) is 0 Å². The highest BCUT2D eigenvalue weighted by atomic mass is 32.1. The van der Waals surface area contributed by atoms with E-state index in [2.05, 4.69) is 60.4 Å². The first-order valence-corrected chi connectivity index (χ1v) is 10.8. The lowest BCUT2D eigenvalue weighted by Crippen LogP contribution is -2.66. The number of hydrogen-bond donors (Lipinski definition) is 3. The van der Waals surface area contributed by atoms with Gasteiger partial charge >= 0.3 is 0 Å². The second-order valence-corrected chi connectivity index (χ2v) is 12.0. The molecule has 0 saturated heterocycles. The molecular weight excluding hydrogens is 372 g/mol. The Morgan fingerprint density at radius 3 is 1.73 bits per heavy atom. The lowest BCUT2D eigenvalue weighted by molar-refractivity contribution is 0.0510. The number of benzene rings is 1. The zero-order chi connectivity index (χ0) is 18.0. The summed E-state index contributed by atoms with van der Waals surface area (Å²) in [5.74, 6) is 6.88. The zero-order valence-electron chi connectivity index (χ0n) is 14.8. The minimum atomic E-state index is 0.0812. The predicted octanol–water partition coefficient (Wildman–Crippen LogP) is 5.41. The molecule has 4 bridgehead atoms. The Morgan fingerprint density at radius 1 is 0.731 bits per heavy atom. The second kappa shape index (κ2) is 5.66. The van der Waals surface area contributed by atoms with Gasteiger partial charge in [0.05, 0.1) is 5.92 Å². The van der Waals surface area contributed by atoms with E-state index < -0.39 is 0 Å². The summed E-state index contributed by atoms with van der Waals surface area (Å²) < 4.78 is 0.244. The van der Waals surface area contributed by atoms with Gasteiger partial charge in [-0.25, -0.2) is 0 Å². The van der Waals surface area contributed by atoms with Crippen LogP contribution >= 0.6 is 37.9 Å². The minimum absolute atomic E-state index is 0.0812. The van der Waals surface area contributed by atoms with E-state index in [1.807, 2.05) is 0 Å². The molecule has 0 amide bonds. The van der Waals surface area contributed by atoms with E-state index in [1.54, 1.807) is 0 Å². The van der Waals surface area contributed by atoms with Gasteiger partial charge in [0.2, 0.25) is 0 Å². The number of allylic oxidation sites excluding steroid dienone is 4. The molecule has 5 aliphatic rings. The van der Waals surface area contributed by atoms with Crippen molar-refractivity contribution in [3.63, 3.8) is 0 Å². The molecule has 0 radical (unpaired) electrons. The lowest BCUT2D eigenvalue weighted by atomic mass is 9.47. The van der Waals surface area contributed by atoms with Crippen LogP contribution < -0.4 is 0 Å². The van der Waals surface area contributed by atoms with Gasteiger partial charge in [-0.1, -0.05) is 48.3 Å². The summed E-state index contributed by atoms with van der Waals surface area (Å²) in [6, 6.07) is 8.96. The van der Waals surface area contributed by atoms with Gasteiger partial charge in [-0.3, -0.25) is 0 Å². The van der Waals surface area contributed by atoms with Crippen LogP contribution in [-0.4, -0.2) is 14.2 Å². The molecular formula is C23H24S3. The van der Waals surface area contributed by atoms with Crippen molar-refractivity contribution in [1.82, 2.24) is 0 Å². The van der Waals surface area contributed by atoms with Crippen LogP contribution in [0.4, 0.5) is 0 Å². The molecule has 26 heavy (non-hydrogen) atoms. The Balaban J connectivity index is 1.46. The van der Waals surface area contributed by atoms with Crippen molar-refractivity contribution >= 4 is 37.9 Å². The van der Waals surface area contributed by atoms with Crippen LogP contribution in [0, 0.1) is 17.8 Å². The van der Waals surface area contributed by atoms with Crippen molar-refractivity contribution in [2.75, 3.05) is 0 Å². The normalized spacial score (nSPS) is 42.9. The van der Waals surface area contributed by atoms with E-state index >= 15 is 0 Å². The van der Waals surface area contributed by atoms with Gasteiger partial charge in [0.1, 0.15) is 0 Å². The third-order valence-electron chi connectivity index (χ3n) is 6.61. The van der Waals surface area contributed by atoms with Gasteiger partial charge in [-0.05, 0) is 61.6 Å². The molecule has 0 N–H and O–H groups in total.